The summed E-state index contributed by atoms with van der Waals surface area (Å²) in [5.74, 6) is -0.0770. The van der Waals surface area contributed by atoms with Crippen LogP contribution in [0.2, 0.25) is 0 Å². The SMILES string of the molecule is Cc1ccc(N)cc1NC(=O)C(C)N(C)CCC(C)O. The number of rotatable bonds is 6. The van der Waals surface area contributed by atoms with E-state index in [-0.39, 0.29) is 18.1 Å². The predicted octanol–water partition coefficient (Wildman–Crippen LogP) is 1.61. The molecule has 0 saturated carbocycles. The number of benzene rings is 1. The minimum atomic E-state index is -0.358. The number of anilines is 2. The molecule has 1 rings (SSSR count). The van der Waals surface area contributed by atoms with Crippen LogP contribution in [0.4, 0.5) is 11.4 Å². The number of aliphatic hydroxyl groups excluding tert-OH is 1. The second-order valence-electron chi connectivity index (χ2n) is 5.36. The summed E-state index contributed by atoms with van der Waals surface area (Å²) in [7, 11) is 1.87. The summed E-state index contributed by atoms with van der Waals surface area (Å²) in [5.41, 5.74) is 8.08. The minimum Gasteiger partial charge on any atom is -0.399 e. The highest BCUT2D eigenvalue weighted by Crippen LogP contribution is 2.18. The quantitative estimate of drug-likeness (QED) is 0.691. The van der Waals surface area contributed by atoms with Crippen LogP contribution >= 0.6 is 0 Å². The Balaban J connectivity index is 2.63. The number of aryl methyl sites for hydroxylation is 1. The van der Waals surface area contributed by atoms with Gasteiger partial charge in [0.05, 0.1) is 12.1 Å². The summed E-state index contributed by atoms with van der Waals surface area (Å²) in [5, 5.41) is 12.2. The van der Waals surface area contributed by atoms with Crippen LogP contribution in [-0.2, 0) is 4.79 Å². The fourth-order valence-corrected chi connectivity index (χ4v) is 1.80. The number of hydrogen-bond acceptors (Lipinski definition) is 4. The minimum absolute atomic E-state index is 0.0770. The van der Waals surface area contributed by atoms with Crippen molar-refractivity contribution >= 4 is 17.3 Å². The number of amides is 1. The maximum atomic E-state index is 12.2. The Kier molecular flexibility index (Phi) is 5.98. The standard InChI is InChI=1S/C15H25N3O2/c1-10-5-6-13(16)9-14(10)17-15(20)12(3)18(4)8-7-11(2)19/h5-6,9,11-12,19H,7-8,16H2,1-4H3,(H,17,20). The molecule has 0 heterocycles. The lowest BCUT2D eigenvalue weighted by atomic mass is 10.1. The number of nitrogens with one attached hydrogen (secondary N) is 1. The van der Waals surface area contributed by atoms with E-state index in [2.05, 4.69) is 5.32 Å². The largest absolute Gasteiger partial charge is 0.399 e. The predicted molar refractivity (Wildman–Crippen MR) is 82.6 cm³/mol. The summed E-state index contributed by atoms with van der Waals surface area (Å²) in [4.78, 5) is 14.1. The van der Waals surface area contributed by atoms with Crippen molar-refractivity contribution in [2.45, 2.75) is 39.3 Å². The Hall–Kier alpha value is -1.59. The highest BCUT2D eigenvalue weighted by Gasteiger charge is 2.18. The number of carbonyl (C=O) groups is 1. The highest BCUT2D eigenvalue weighted by atomic mass is 16.3. The molecule has 1 aromatic rings. The normalized spacial score (nSPS) is 14.1. The first-order valence-electron chi connectivity index (χ1n) is 6.86. The molecule has 0 radical (unpaired) electrons. The zero-order chi connectivity index (χ0) is 15.3. The molecule has 2 unspecified atom stereocenters. The average molecular weight is 279 g/mol. The Morgan fingerprint density at radius 1 is 1.45 bits per heavy atom. The lowest BCUT2D eigenvalue weighted by molar-refractivity contribution is -0.120. The van der Waals surface area contributed by atoms with Crippen molar-refractivity contribution in [1.29, 1.82) is 0 Å². The van der Waals surface area contributed by atoms with Gasteiger partial charge in [0.25, 0.3) is 0 Å². The smallest absolute Gasteiger partial charge is 0.241 e. The first kappa shape index (κ1) is 16.5. The van der Waals surface area contributed by atoms with E-state index < -0.39 is 0 Å². The molecular weight excluding hydrogens is 254 g/mol. The Morgan fingerprint density at radius 3 is 2.70 bits per heavy atom. The van der Waals surface area contributed by atoms with E-state index >= 15 is 0 Å². The molecule has 0 spiro atoms. The Bertz CT molecular complexity index is 460. The molecule has 20 heavy (non-hydrogen) atoms. The molecule has 0 aliphatic rings. The molecule has 112 valence electrons. The Labute approximate surface area is 120 Å². The van der Waals surface area contributed by atoms with E-state index in [4.69, 9.17) is 5.73 Å². The summed E-state index contributed by atoms with van der Waals surface area (Å²) >= 11 is 0. The maximum Gasteiger partial charge on any atom is 0.241 e. The van der Waals surface area contributed by atoms with E-state index in [1.54, 1.807) is 13.0 Å². The molecule has 0 bridgehead atoms. The molecule has 0 aliphatic heterocycles. The summed E-state index contributed by atoms with van der Waals surface area (Å²) < 4.78 is 0. The van der Waals surface area contributed by atoms with E-state index in [0.29, 0.717) is 18.7 Å². The van der Waals surface area contributed by atoms with Crippen molar-refractivity contribution in [3.63, 3.8) is 0 Å². The van der Waals surface area contributed by atoms with E-state index in [0.717, 1.165) is 11.3 Å². The zero-order valence-electron chi connectivity index (χ0n) is 12.7. The molecule has 0 saturated heterocycles. The maximum absolute atomic E-state index is 12.2. The number of hydrogen-bond donors (Lipinski definition) is 3. The van der Waals surface area contributed by atoms with E-state index in [1.165, 1.54) is 0 Å². The molecular formula is C15H25N3O2. The molecule has 1 aromatic carbocycles. The van der Waals surface area contributed by atoms with Crippen molar-refractivity contribution in [1.82, 2.24) is 4.90 Å². The number of carbonyl (C=O) groups excluding carboxylic acids is 1. The van der Waals surface area contributed by atoms with Crippen molar-refractivity contribution in [3.8, 4) is 0 Å². The number of aliphatic hydroxyl groups is 1. The number of likely N-dealkylation sites (N-methyl/N-ethyl adjacent to an activating group) is 1. The van der Waals surface area contributed by atoms with Crippen LogP contribution in [0.5, 0.6) is 0 Å². The van der Waals surface area contributed by atoms with Gasteiger partial charge in [-0.2, -0.15) is 0 Å². The van der Waals surface area contributed by atoms with Crippen molar-refractivity contribution < 1.29 is 9.90 Å². The number of nitrogen functional groups attached to an aromatic ring is 1. The lowest BCUT2D eigenvalue weighted by Crippen LogP contribution is -2.40. The molecule has 5 nitrogen and oxygen atoms in total. The van der Waals surface area contributed by atoms with Gasteiger partial charge in [-0.1, -0.05) is 6.07 Å². The monoisotopic (exact) mass is 279 g/mol. The van der Waals surface area contributed by atoms with Crippen LogP contribution in [0.1, 0.15) is 25.8 Å². The molecule has 0 aromatic heterocycles. The van der Waals surface area contributed by atoms with Crippen molar-refractivity contribution in [2.24, 2.45) is 0 Å². The molecule has 0 aliphatic carbocycles. The van der Waals surface area contributed by atoms with Crippen LogP contribution < -0.4 is 11.1 Å². The van der Waals surface area contributed by atoms with Crippen molar-refractivity contribution in [2.75, 3.05) is 24.6 Å². The van der Waals surface area contributed by atoms with Crippen molar-refractivity contribution in [3.05, 3.63) is 23.8 Å². The fourth-order valence-electron chi connectivity index (χ4n) is 1.80. The van der Waals surface area contributed by atoms with Crippen LogP contribution in [0.25, 0.3) is 0 Å². The van der Waals surface area contributed by atoms with Gasteiger partial charge in [-0.25, -0.2) is 0 Å². The number of nitrogens with two attached hydrogens (primary N) is 1. The fraction of sp³-hybridized carbons (Fsp3) is 0.533. The third-order valence-corrected chi connectivity index (χ3v) is 3.46. The summed E-state index contributed by atoms with van der Waals surface area (Å²) in [6, 6.07) is 5.18. The van der Waals surface area contributed by atoms with Gasteiger partial charge in [0.1, 0.15) is 0 Å². The van der Waals surface area contributed by atoms with Gasteiger partial charge in [0.15, 0.2) is 0 Å². The van der Waals surface area contributed by atoms with Gasteiger partial charge in [-0.15, -0.1) is 0 Å². The van der Waals surface area contributed by atoms with Gasteiger partial charge in [0, 0.05) is 17.9 Å². The van der Waals surface area contributed by atoms with Gasteiger partial charge in [0.2, 0.25) is 5.91 Å². The van der Waals surface area contributed by atoms with E-state index in [1.807, 2.05) is 37.9 Å². The molecule has 4 N–H and O–H groups in total. The Morgan fingerprint density at radius 2 is 2.10 bits per heavy atom. The topological polar surface area (TPSA) is 78.6 Å². The van der Waals surface area contributed by atoms with Crippen LogP contribution in [-0.4, -0.2) is 41.7 Å². The van der Waals surface area contributed by atoms with Gasteiger partial charge in [-0.3, -0.25) is 9.69 Å². The molecule has 1 amide bonds. The van der Waals surface area contributed by atoms with E-state index in [9.17, 15) is 9.90 Å². The summed E-state index contributed by atoms with van der Waals surface area (Å²) in [6.07, 6.45) is 0.287. The van der Waals surface area contributed by atoms with Gasteiger partial charge in [-0.05, 0) is 51.9 Å². The van der Waals surface area contributed by atoms with Crippen LogP contribution in [0.15, 0.2) is 18.2 Å². The number of nitrogens with zero attached hydrogens (tertiary/aromatic N) is 1. The molecule has 0 fully saturated rings. The lowest BCUT2D eigenvalue weighted by Gasteiger charge is -2.24. The van der Waals surface area contributed by atoms with Crippen LogP contribution in [0.3, 0.4) is 0 Å². The van der Waals surface area contributed by atoms with Crippen LogP contribution in [0, 0.1) is 6.92 Å². The summed E-state index contributed by atoms with van der Waals surface area (Å²) in [6.45, 7) is 6.19. The van der Waals surface area contributed by atoms with Gasteiger partial charge < -0.3 is 16.2 Å². The molecule has 2 atom stereocenters. The van der Waals surface area contributed by atoms with Gasteiger partial charge >= 0.3 is 0 Å². The zero-order valence-corrected chi connectivity index (χ0v) is 12.7. The highest BCUT2D eigenvalue weighted by molar-refractivity contribution is 5.95. The second kappa shape index (κ2) is 7.26. The third kappa shape index (κ3) is 4.83. The average Bonchev–Trinajstić information content (AvgIpc) is 2.39. The first-order chi connectivity index (χ1) is 9.31. The second-order valence-corrected chi connectivity index (χ2v) is 5.36. The third-order valence-electron chi connectivity index (χ3n) is 3.46. The first-order valence-corrected chi connectivity index (χ1v) is 6.86. The molecule has 5 heteroatoms.